The first-order chi connectivity index (χ1) is 7.58. The van der Waals surface area contributed by atoms with Crippen molar-refractivity contribution < 1.29 is 9.84 Å². The van der Waals surface area contributed by atoms with E-state index in [0.717, 1.165) is 5.75 Å². The van der Waals surface area contributed by atoms with Gasteiger partial charge in [-0.1, -0.05) is 17.7 Å². The molecule has 2 N–H and O–H groups in total. The van der Waals surface area contributed by atoms with E-state index in [1.165, 1.54) is 5.56 Å². The summed E-state index contributed by atoms with van der Waals surface area (Å²) in [5, 5.41) is 11.4. The largest absolute Gasteiger partial charge is 0.491 e. The van der Waals surface area contributed by atoms with Crippen molar-refractivity contribution in [3.8, 4) is 5.75 Å². The van der Waals surface area contributed by atoms with E-state index in [1.54, 1.807) is 5.01 Å². The van der Waals surface area contributed by atoms with Crippen molar-refractivity contribution in [3.63, 3.8) is 0 Å². The van der Waals surface area contributed by atoms with E-state index in [9.17, 15) is 5.11 Å². The smallest absolute Gasteiger partial charge is 0.119 e. The zero-order chi connectivity index (χ0) is 12.0. The minimum Gasteiger partial charge on any atom is -0.491 e. The van der Waals surface area contributed by atoms with Crippen LogP contribution in [0.25, 0.3) is 0 Å². The summed E-state index contributed by atoms with van der Waals surface area (Å²) in [5.41, 5.74) is 4.19. The molecule has 4 heteroatoms. The molecule has 90 valence electrons. The van der Waals surface area contributed by atoms with E-state index < -0.39 is 6.10 Å². The minimum absolute atomic E-state index is 0.296. The predicted octanol–water partition coefficient (Wildman–Crippen LogP) is 0.801. The van der Waals surface area contributed by atoms with Crippen LogP contribution in [0.15, 0.2) is 24.3 Å². The van der Waals surface area contributed by atoms with Crippen LogP contribution in [0.3, 0.4) is 0 Å². The van der Waals surface area contributed by atoms with Crippen LogP contribution in [-0.4, -0.2) is 43.5 Å². The molecule has 0 aromatic heterocycles. The standard InChI is InChI=1S/C12H20N2O2/c1-10-4-6-12(7-5-10)16-9-11(15)8-13-14(2)3/h4-7,11,13,15H,8-9H2,1-3H3. The van der Waals surface area contributed by atoms with Gasteiger partial charge in [0.1, 0.15) is 18.5 Å². The lowest BCUT2D eigenvalue weighted by Crippen LogP contribution is -2.39. The number of benzene rings is 1. The Hall–Kier alpha value is -1.10. The third-order valence-corrected chi connectivity index (χ3v) is 2.11. The molecule has 1 aromatic carbocycles. The van der Waals surface area contributed by atoms with Crippen molar-refractivity contribution in [3.05, 3.63) is 29.8 Å². The summed E-state index contributed by atoms with van der Waals surface area (Å²) in [7, 11) is 3.76. The topological polar surface area (TPSA) is 44.7 Å². The molecule has 0 aliphatic carbocycles. The number of hydrogen-bond donors (Lipinski definition) is 2. The minimum atomic E-state index is -0.510. The number of rotatable bonds is 6. The Kier molecular flexibility index (Phi) is 5.25. The highest BCUT2D eigenvalue weighted by atomic mass is 16.5. The van der Waals surface area contributed by atoms with Crippen molar-refractivity contribution in [2.24, 2.45) is 0 Å². The Morgan fingerprint density at radius 2 is 1.94 bits per heavy atom. The van der Waals surface area contributed by atoms with Crippen molar-refractivity contribution in [2.75, 3.05) is 27.2 Å². The lowest BCUT2D eigenvalue weighted by molar-refractivity contribution is 0.0884. The molecular formula is C12H20N2O2. The number of hydrazine groups is 1. The quantitative estimate of drug-likeness (QED) is 0.702. The van der Waals surface area contributed by atoms with Gasteiger partial charge < -0.3 is 9.84 Å². The van der Waals surface area contributed by atoms with Crippen molar-refractivity contribution in [1.82, 2.24) is 10.4 Å². The fourth-order valence-corrected chi connectivity index (χ4v) is 1.17. The van der Waals surface area contributed by atoms with E-state index in [0.29, 0.717) is 13.2 Å². The fourth-order valence-electron chi connectivity index (χ4n) is 1.17. The number of nitrogens with one attached hydrogen (secondary N) is 1. The monoisotopic (exact) mass is 224 g/mol. The number of aryl methyl sites for hydroxylation is 1. The molecule has 0 aliphatic heterocycles. The molecule has 0 spiro atoms. The molecule has 0 amide bonds. The Labute approximate surface area is 96.8 Å². The van der Waals surface area contributed by atoms with Crippen LogP contribution in [0.5, 0.6) is 5.75 Å². The second-order valence-corrected chi connectivity index (χ2v) is 4.03. The first kappa shape index (κ1) is 13.0. The molecule has 1 rings (SSSR count). The Morgan fingerprint density at radius 1 is 1.31 bits per heavy atom. The maximum Gasteiger partial charge on any atom is 0.119 e. The van der Waals surface area contributed by atoms with Crippen LogP contribution in [0.2, 0.25) is 0 Å². The highest BCUT2D eigenvalue weighted by Crippen LogP contribution is 2.11. The van der Waals surface area contributed by atoms with E-state index >= 15 is 0 Å². The Balaban J connectivity index is 2.26. The van der Waals surface area contributed by atoms with Crippen molar-refractivity contribution >= 4 is 0 Å². The van der Waals surface area contributed by atoms with Crippen molar-refractivity contribution in [2.45, 2.75) is 13.0 Å². The van der Waals surface area contributed by atoms with Gasteiger partial charge in [-0.2, -0.15) is 0 Å². The normalized spacial score (nSPS) is 12.8. The number of aliphatic hydroxyl groups excluding tert-OH is 1. The molecular weight excluding hydrogens is 204 g/mol. The summed E-state index contributed by atoms with van der Waals surface area (Å²) in [5.74, 6) is 0.787. The molecule has 1 atom stereocenters. The van der Waals surface area contributed by atoms with Crippen LogP contribution >= 0.6 is 0 Å². The zero-order valence-electron chi connectivity index (χ0n) is 10.1. The molecule has 0 heterocycles. The van der Waals surface area contributed by atoms with Gasteiger partial charge in [0, 0.05) is 20.6 Å². The van der Waals surface area contributed by atoms with E-state index in [4.69, 9.17) is 4.74 Å². The van der Waals surface area contributed by atoms with Crippen LogP contribution < -0.4 is 10.2 Å². The van der Waals surface area contributed by atoms with Gasteiger partial charge in [0.15, 0.2) is 0 Å². The zero-order valence-corrected chi connectivity index (χ0v) is 10.1. The highest BCUT2D eigenvalue weighted by molar-refractivity contribution is 5.26. The number of ether oxygens (including phenoxy) is 1. The maximum atomic E-state index is 9.60. The number of aliphatic hydroxyl groups is 1. The Morgan fingerprint density at radius 3 is 2.50 bits per heavy atom. The predicted molar refractivity (Wildman–Crippen MR) is 64.4 cm³/mol. The van der Waals surface area contributed by atoms with Gasteiger partial charge in [0.25, 0.3) is 0 Å². The van der Waals surface area contributed by atoms with Gasteiger partial charge in [-0.3, -0.25) is 10.4 Å². The molecule has 0 saturated carbocycles. The van der Waals surface area contributed by atoms with Gasteiger partial charge in [-0.15, -0.1) is 0 Å². The van der Waals surface area contributed by atoms with E-state index in [1.807, 2.05) is 45.3 Å². The molecule has 0 aliphatic rings. The average Bonchev–Trinajstić information content (AvgIpc) is 2.25. The van der Waals surface area contributed by atoms with E-state index in [-0.39, 0.29) is 0 Å². The second kappa shape index (κ2) is 6.48. The molecule has 0 fully saturated rings. The maximum absolute atomic E-state index is 9.60. The van der Waals surface area contributed by atoms with Crippen molar-refractivity contribution in [1.29, 1.82) is 0 Å². The van der Waals surface area contributed by atoms with Crippen LogP contribution in [0.4, 0.5) is 0 Å². The molecule has 0 radical (unpaired) electrons. The first-order valence-corrected chi connectivity index (χ1v) is 5.36. The SMILES string of the molecule is Cc1ccc(OCC(O)CNN(C)C)cc1. The molecule has 1 aromatic rings. The Bertz CT molecular complexity index is 298. The molecule has 0 saturated heterocycles. The van der Waals surface area contributed by atoms with Gasteiger partial charge >= 0.3 is 0 Å². The van der Waals surface area contributed by atoms with Crippen LogP contribution in [-0.2, 0) is 0 Å². The van der Waals surface area contributed by atoms with Crippen LogP contribution in [0, 0.1) is 6.92 Å². The third kappa shape index (κ3) is 5.11. The molecule has 16 heavy (non-hydrogen) atoms. The molecule has 1 unspecified atom stereocenters. The molecule has 0 bridgehead atoms. The summed E-state index contributed by atoms with van der Waals surface area (Å²) >= 11 is 0. The van der Waals surface area contributed by atoms with Gasteiger partial charge in [0.05, 0.1) is 0 Å². The average molecular weight is 224 g/mol. The summed E-state index contributed by atoms with van der Waals surface area (Å²) in [6.45, 7) is 2.81. The van der Waals surface area contributed by atoms with E-state index in [2.05, 4.69) is 5.43 Å². The highest BCUT2D eigenvalue weighted by Gasteiger charge is 2.05. The van der Waals surface area contributed by atoms with Gasteiger partial charge in [0.2, 0.25) is 0 Å². The number of nitrogens with zero attached hydrogens (tertiary/aromatic N) is 1. The third-order valence-electron chi connectivity index (χ3n) is 2.11. The lowest BCUT2D eigenvalue weighted by atomic mass is 10.2. The summed E-state index contributed by atoms with van der Waals surface area (Å²) < 4.78 is 5.45. The summed E-state index contributed by atoms with van der Waals surface area (Å²) in [6, 6.07) is 7.78. The first-order valence-electron chi connectivity index (χ1n) is 5.36. The van der Waals surface area contributed by atoms with Gasteiger partial charge in [-0.05, 0) is 19.1 Å². The molecule has 4 nitrogen and oxygen atoms in total. The summed E-state index contributed by atoms with van der Waals surface area (Å²) in [6.07, 6.45) is -0.510. The van der Waals surface area contributed by atoms with Gasteiger partial charge in [-0.25, -0.2) is 0 Å². The lowest BCUT2D eigenvalue weighted by Gasteiger charge is -2.16. The summed E-state index contributed by atoms with van der Waals surface area (Å²) in [4.78, 5) is 0. The van der Waals surface area contributed by atoms with Crippen LogP contribution in [0.1, 0.15) is 5.56 Å². The second-order valence-electron chi connectivity index (χ2n) is 4.03. The number of hydrogen-bond acceptors (Lipinski definition) is 4. The fraction of sp³-hybridized carbons (Fsp3) is 0.500.